The van der Waals surface area contributed by atoms with Crippen LogP contribution in [0.5, 0.6) is 17.2 Å². The van der Waals surface area contributed by atoms with Crippen LogP contribution in [0.15, 0.2) is 78.9 Å². The maximum absolute atomic E-state index is 13.3. The number of fused-ring (bicyclic) bond motifs is 3. The molecule has 0 heterocycles. The van der Waals surface area contributed by atoms with Crippen LogP contribution in [0.4, 0.5) is 0 Å². The van der Waals surface area contributed by atoms with Gasteiger partial charge in [-0.15, -0.1) is 0 Å². The number of rotatable bonds is 7. The van der Waals surface area contributed by atoms with Crippen LogP contribution >= 0.6 is 0 Å². The molecule has 1 spiro atoms. The van der Waals surface area contributed by atoms with Crippen LogP contribution in [0.1, 0.15) is 55.8 Å². The Morgan fingerprint density at radius 2 is 1.56 bits per heavy atom. The first-order valence-corrected chi connectivity index (χ1v) is 12.7. The lowest BCUT2D eigenvalue weighted by molar-refractivity contribution is 0.0521. The number of allylic oxidation sites excluding steroid dienone is 2. The zero-order valence-electron chi connectivity index (χ0n) is 22.2. The van der Waals surface area contributed by atoms with Crippen LogP contribution in [0, 0.1) is 0 Å². The summed E-state index contributed by atoms with van der Waals surface area (Å²) in [5.41, 5.74) is 4.11. The molecule has 0 fully saturated rings. The minimum Gasteiger partial charge on any atom is -0.496 e. The molecule has 0 aromatic heterocycles. The fraction of sp³-hybridized carbons (Fsp3) is 0.212. The van der Waals surface area contributed by atoms with E-state index in [9.17, 15) is 9.59 Å². The topological polar surface area (TPSA) is 71.1 Å². The summed E-state index contributed by atoms with van der Waals surface area (Å²) in [6.45, 7) is 1.67. The first-order chi connectivity index (χ1) is 19.0. The van der Waals surface area contributed by atoms with Crippen molar-refractivity contribution < 1.29 is 28.5 Å². The Hall–Kier alpha value is -4.42. The van der Waals surface area contributed by atoms with E-state index in [-0.39, 0.29) is 24.3 Å². The first-order valence-electron chi connectivity index (χ1n) is 12.7. The van der Waals surface area contributed by atoms with Gasteiger partial charge in [-0.1, -0.05) is 54.6 Å². The lowest BCUT2D eigenvalue weighted by atomic mass is 9.62. The number of Topliss-reactive ketones (excluding diaryl/α,β-unsaturated/α-hetero) is 1. The van der Waals surface area contributed by atoms with E-state index in [2.05, 4.69) is 12.1 Å². The van der Waals surface area contributed by atoms with E-state index in [0.29, 0.717) is 28.4 Å². The number of ether oxygens (including phenoxy) is 4. The maximum Gasteiger partial charge on any atom is 0.189 e. The molecule has 4 aromatic carbocycles. The molecule has 6 heteroatoms. The van der Waals surface area contributed by atoms with Crippen LogP contribution in [-0.4, -0.2) is 39.7 Å². The van der Waals surface area contributed by atoms with Gasteiger partial charge >= 0.3 is 0 Å². The van der Waals surface area contributed by atoms with Crippen molar-refractivity contribution in [2.24, 2.45) is 0 Å². The normalized spacial score (nSPS) is 18.9. The van der Waals surface area contributed by atoms with Gasteiger partial charge in [-0.2, -0.15) is 0 Å². The molecule has 39 heavy (non-hydrogen) atoms. The number of ketones is 2. The minimum atomic E-state index is -0.796. The quantitative estimate of drug-likeness (QED) is 0.213. The molecule has 0 saturated heterocycles. The standard InChI is InChI=1S/C33H28O6/c1-19(34)20-8-5-6-9-21(20)32-22-12-14-28(39-18-36-2)31-27(38-4)15-13-24(29(22)31)33(32)17-16-25(35)30-23(33)10-7-11-26(30)37-3/h5-17,32H,18H2,1-4H3/t32-,33-/m1/s1. The average molecular weight is 521 g/mol. The van der Waals surface area contributed by atoms with Gasteiger partial charge in [-0.05, 0) is 58.8 Å². The molecule has 0 radical (unpaired) electrons. The summed E-state index contributed by atoms with van der Waals surface area (Å²) in [6.07, 6.45) is 3.63. The van der Waals surface area contributed by atoms with Crippen LogP contribution in [0.25, 0.3) is 10.8 Å². The Bertz CT molecular complexity index is 1680. The number of carbonyl (C=O) groups is 2. The number of hydrogen-bond donors (Lipinski definition) is 0. The van der Waals surface area contributed by atoms with E-state index < -0.39 is 5.41 Å². The van der Waals surface area contributed by atoms with Crippen LogP contribution in [0.3, 0.4) is 0 Å². The second-order valence-corrected chi connectivity index (χ2v) is 9.80. The van der Waals surface area contributed by atoms with Gasteiger partial charge in [0.15, 0.2) is 18.4 Å². The Labute approximate surface area is 226 Å². The van der Waals surface area contributed by atoms with Crippen molar-refractivity contribution in [3.63, 3.8) is 0 Å². The van der Waals surface area contributed by atoms with Crippen LogP contribution in [-0.2, 0) is 10.2 Å². The van der Waals surface area contributed by atoms with Crippen molar-refractivity contribution in [1.29, 1.82) is 0 Å². The molecule has 6 rings (SSSR count). The molecule has 6 nitrogen and oxygen atoms in total. The average Bonchev–Trinajstić information content (AvgIpc) is 3.25. The lowest BCUT2D eigenvalue weighted by Crippen LogP contribution is -2.35. The third-order valence-corrected chi connectivity index (χ3v) is 7.97. The van der Waals surface area contributed by atoms with E-state index in [1.54, 1.807) is 34.3 Å². The second kappa shape index (κ2) is 9.40. The molecule has 0 saturated carbocycles. The molecule has 0 N–H and O–H groups in total. The Kier molecular flexibility index (Phi) is 6.00. The molecule has 2 atom stereocenters. The SMILES string of the molecule is COCOc1ccc2c3c(ccc(OC)c13)[C@]1(C=CC(=O)c3c(OC)cccc31)[C@@H]2c1ccccc1C(C)=O. The van der Waals surface area contributed by atoms with Gasteiger partial charge in [-0.25, -0.2) is 0 Å². The molecule has 0 bridgehead atoms. The summed E-state index contributed by atoms with van der Waals surface area (Å²) >= 11 is 0. The van der Waals surface area contributed by atoms with E-state index >= 15 is 0 Å². The Morgan fingerprint density at radius 3 is 2.31 bits per heavy atom. The highest BCUT2D eigenvalue weighted by Crippen LogP contribution is 2.62. The lowest BCUT2D eigenvalue weighted by Gasteiger charge is -2.39. The zero-order chi connectivity index (χ0) is 27.3. The smallest absolute Gasteiger partial charge is 0.189 e. The highest BCUT2D eigenvalue weighted by Gasteiger charge is 2.52. The fourth-order valence-corrected chi connectivity index (χ4v) is 6.51. The van der Waals surface area contributed by atoms with Crippen molar-refractivity contribution in [1.82, 2.24) is 0 Å². The zero-order valence-corrected chi connectivity index (χ0v) is 22.2. The molecular weight excluding hydrogens is 492 g/mol. The molecule has 196 valence electrons. The summed E-state index contributed by atoms with van der Waals surface area (Å²) in [6, 6.07) is 21.4. The first kappa shape index (κ1) is 24.9. The molecule has 2 aliphatic rings. The molecule has 4 aromatic rings. The maximum atomic E-state index is 13.3. The van der Waals surface area contributed by atoms with Crippen molar-refractivity contribution in [2.75, 3.05) is 28.1 Å². The van der Waals surface area contributed by atoms with Crippen molar-refractivity contribution >= 4 is 22.3 Å². The second-order valence-electron chi connectivity index (χ2n) is 9.80. The van der Waals surface area contributed by atoms with Crippen molar-refractivity contribution in [2.45, 2.75) is 18.3 Å². The highest BCUT2D eigenvalue weighted by molar-refractivity contribution is 6.12. The highest BCUT2D eigenvalue weighted by atomic mass is 16.7. The van der Waals surface area contributed by atoms with Gasteiger partial charge in [0.05, 0.1) is 30.6 Å². The number of carbonyl (C=O) groups excluding carboxylic acids is 2. The summed E-state index contributed by atoms with van der Waals surface area (Å²) in [5.74, 6) is 1.37. The summed E-state index contributed by atoms with van der Waals surface area (Å²) in [4.78, 5) is 26.3. The summed E-state index contributed by atoms with van der Waals surface area (Å²) < 4.78 is 22.7. The van der Waals surface area contributed by atoms with Gasteiger partial charge in [0.2, 0.25) is 0 Å². The largest absolute Gasteiger partial charge is 0.496 e. The number of hydrogen-bond acceptors (Lipinski definition) is 6. The van der Waals surface area contributed by atoms with E-state index in [4.69, 9.17) is 18.9 Å². The predicted octanol–water partition coefficient (Wildman–Crippen LogP) is 6.23. The van der Waals surface area contributed by atoms with Gasteiger partial charge in [-0.3, -0.25) is 9.59 Å². The van der Waals surface area contributed by atoms with Crippen molar-refractivity contribution in [3.8, 4) is 17.2 Å². The van der Waals surface area contributed by atoms with Crippen LogP contribution < -0.4 is 14.2 Å². The van der Waals surface area contributed by atoms with Gasteiger partial charge in [0.1, 0.15) is 17.2 Å². The fourth-order valence-electron chi connectivity index (χ4n) is 6.51. The predicted molar refractivity (Wildman–Crippen MR) is 149 cm³/mol. The Balaban J connectivity index is 1.79. The van der Waals surface area contributed by atoms with Gasteiger partial charge < -0.3 is 18.9 Å². The third kappa shape index (κ3) is 3.45. The van der Waals surface area contributed by atoms with E-state index in [0.717, 1.165) is 33.0 Å². The van der Waals surface area contributed by atoms with Crippen LogP contribution in [0.2, 0.25) is 0 Å². The monoisotopic (exact) mass is 520 g/mol. The van der Waals surface area contributed by atoms with E-state index in [1.807, 2.05) is 60.7 Å². The Morgan fingerprint density at radius 1 is 0.795 bits per heavy atom. The number of benzene rings is 4. The third-order valence-electron chi connectivity index (χ3n) is 7.97. The summed E-state index contributed by atoms with van der Waals surface area (Å²) in [5, 5.41) is 1.79. The number of methoxy groups -OCH3 is 3. The van der Waals surface area contributed by atoms with Crippen molar-refractivity contribution in [3.05, 3.63) is 112 Å². The summed E-state index contributed by atoms with van der Waals surface area (Å²) in [7, 11) is 4.79. The molecule has 0 aliphatic heterocycles. The van der Waals surface area contributed by atoms with Gasteiger partial charge in [0, 0.05) is 18.6 Å². The van der Waals surface area contributed by atoms with E-state index in [1.165, 1.54) is 0 Å². The molecular formula is C33H28O6. The minimum absolute atomic E-state index is 0.0210. The van der Waals surface area contributed by atoms with Gasteiger partial charge in [0.25, 0.3) is 0 Å². The molecule has 2 aliphatic carbocycles. The molecule has 0 unspecified atom stereocenters. The molecule has 0 amide bonds.